The van der Waals surface area contributed by atoms with E-state index in [-0.39, 0.29) is 6.10 Å². The number of ether oxygens (including phenoxy) is 1. The first-order valence-electron chi connectivity index (χ1n) is 6.20. The molecule has 0 saturated heterocycles. The molecular weight excluding hydrogens is 216 g/mol. The Balaban J connectivity index is 2.29. The van der Waals surface area contributed by atoms with Gasteiger partial charge in [-0.1, -0.05) is 0 Å². The maximum absolute atomic E-state index is 5.65. The fraction of sp³-hybridized carbons (Fsp3) is 0.692. The van der Waals surface area contributed by atoms with Crippen molar-refractivity contribution in [3.8, 4) is 0 Å². The average molecular weight is 240 g/mol. The van der Waals surface area contributed by atoms with Gasteiger partial charge in [0, 0.05) is 31.8 Å². The van der Waals surface area contributed by atoms with E-state index in [0.29, 0.717) is 6.54 Å². The zero-order valence-electron chi connectivity index (χ0n) is 11.1. The van der Waals surface area contributed by atoms with Gasteiger partial charge in [0.25, 0.3) is 0 Å². The smallest absolute Gasteiger partial charge is 0.105 e. The molecule has 0 aliphatic rings. The van der Waals surface area contributed by atoms with Gasteiger partial charge in [-0.25, -0.2) is 0 Å². The molecule has 0 radical (unpaired) electrons. The molecule has 1 rings (SSSR count). The second-order valence-electron chi connectivity index (χ2n) is 4.34. The molecule has 4 nitrogen and oxygen atoms in total. The fourth-order valence-corrected chi connectivity index (χ4v) is 1.81. The largest absolute Gasteiger partial charge is 0.469 e. The Hall–Kier alpha value is -0.840. The molecule has 0 fully saturated rings. The third-order valence-corrected chi connectivity index (χ3v) is 2.90. The van der Waals surface area contributed by atoms with Gasteiger partial charge in [0.1, 0.15) is 5.76 Å². The highest BCUT2D eigenvalue weighted by atomic mass is 16.5. The van der Waals surface area contributed by atoms with E-state index in [0.717, 1.165) is 31.9 Å². The molecular formula is C13H24N2O2. The summed E-state index contributed by atoms with van der Waals surface area (Å²) in [5, 5.41) is 0. The Morgan fingerprint density at radius 1 is 1.53 bits per heavy atom. The van der Waals surface area contributed by atoms with Crippen LogP contribution in [-0.2, 0) is 11.3 Å². The lowest BCUT2D eigenvalue weighted by Crippen LogP contribution is -2.29. The molecule has 0 aliphatic heterocycles. The normalized spacial score (nSPS) is 13.2. The lowest BCUT2D eigenvalue weighted by atomic mass is 10.2. The van der Waals surface area contributed by atoms with Gasteiger partial charge in [-0.3, -0.25) is 0 Å². The van der Waals surface area contributed by atoms with Crippen molar-refractivity contribution in [1.82, 2.24) is 4.90 Å². The Labute approximate surface area is 104 Å². The van der Waals surface area contributed by atoms with Gasteiger partial charge in [-0.05, 0) is 33.4 Å². The van der Waals surface area contributed by atoms with Crippen LogP contribution in [0.4, 0.5) is 0 Å². The van der Waals surface area contributed by atoms with Crippen molar-refractivity contribution in [3.05, 3.63) is 23.7 Å². The fourth-order valence-electron chi connectivity index (χ4n) is 1.81. The number of hydrogen-bond donors (Lipinski definition) is 1. The van der Waals surface area contributed by atoms with Crippen LogP contribution in [0.1, 0.15) is 24.7 Å². The highest BCUT2D eigenvalue weighted by Gasteiger charge is 2.09. The van der Waals surface area contributed by atoms with Gasteiger partial charge in [0.15, 0.2) is 0 Å². The van der Waals surface area contributed by atoms with Crippen molar-refractivity contribution in [3.63, 3.8) is 0 Å². The van der Waals surface area contributed by atoms with Gasteiger partial charge >= 0.3 is 0 Å². The Morgan fingerprint density at radius 2 is 2.29 bits per heavy atom. The molecule has 1 unspecified atom stereocenters. The quantitative estimate of drug-likeness (QED) is 0.752. The minimum absolute atomic E-state index is 0.174. The van der Waals surface area contributed by atoms with Gasteiger partial charge in [-0.2, -0.15) is 0 Å². The van der Waals surface area contributed by atoms with Crippen molar-refractivity contribution < 1.29 is 9.15 Å². The predicted molar refractivity (Wildman–Crippen MR) is 68.9 cm³/mol. The summed E-state index contributed by atoms with van der Waals surface area (Å²) in [5.74, 6) is 0.997. The van der Waals surface area contributed by atoms with Crippen LogP contribution in [0.5, 0.6) is 0 Å². The molecule has 0 bridgehead atoms. The van der Waals surface area contributed by atoms with Gasteiger partial charge in [-0.15, -0.1) is 0 Å². The van der Waals surface area contributed by atoms with Crippen LogP contribution < -0.4 is 5.73 Å². The van der Waals surface area contributed by atoms with Crippen LogP contribution in [-0.4, -0.2) is 37.7 Å². The van der Waals surface area contributed by atoms with Crippen molar-refractivity contribution in [1.29, 1.82) is 0 Å². The topological polar surface area (TPSA) is 51.6 Å². The van der Waals surface area contributed by atoms with Crippen molar-refractivity contribution in [2.75, 3.05) is 26.7 Å². The molecule has 4 heteroatoms. The molecule has 1 aromatic heterocycles. The monoisotopic (exact) mass is 240 g/mol. The number of furan rings is 1. The van der Waals surface area contributed by atoms with Crippen LogP contribution in [0, 0.1) is 6.92 Å². The van der Waals surface area contributed by atoms with E-state index >= 15 is 0 Å². The molecule has 1 atom stereocenters. The summed E-state index contributed by atoms with van der Waals surface area (Å²) in [6, 6.07) is 2.02. The lowest BCUT2D eigenvalue weighted by molar-refractivity contribution is 0.0558. The molecule has 1 heterocycles. The van der Waals surface area contributed by atoms with E-state index in [9.17, 15) is 0 Å². The molecule has 2 N–H and O–H groups in total. The Bertz CT molecular complexity index is 312. The van der Waals surface area contributed by atoms with Gasteiger partial charge in [0.05, 0.1) is 12.4 Å². The molecule has 98 valence electrons. The number of nitrogens with two attached hydrogens (primary N) is 1. The second kappa shape index (κ2) is 7.48. The van der Waals surface area contributed by atoms with Crippen LogP contribution in [0.15, 0.2) is 16.7 Å². The zero-order chi connectivity index (χ0) is 12.7. The van der Waals surface area contributed by atoms with E-state index in [4.69, 9.17) is 14.9 Å². The van der Waals surface area contributed by atoms with Gasteiger partial charge < -0.3 is 19.8 Å². The summed E-state index contributed by atoms with van der Waals surface area (Å²) in [7, 11) is 2.10. The zero-order valence-corrected chi connectivity index (χ0v) is 11.1. The number of nitrogens with zero attached hydrogens (tertiary/aromatic N) is 1. The summed E-state index contributed by atoms with van der Waals surface area (Å²) in [6.07, 6.45) is 2.88. The summed E-state index contributed by atoms with van der Waals surface area (Å²) in [6.45, 7) is 7.20. The Morgan fingerprint density at radius 3 is 2.82 bits per heavy atom. The third-order valence-electron chi connectivity index (χ3n) is 2.90. The highest BCUT2D eigenvalue weighted by molar-refractivity contribution is 5.14. The molecule has 17 heavy (non-hydrogen) atoms. The minimum atomic E-state index is 0.174. The minimum Gasteiger partial charge on any atom is -0.469 e. The summed E-state index contributed by atoms with van der Waals surface area (Å²) < 4.78 is 10.8. The van der Waals surface area contributed by atoms with Crippen LogP contribution in [0.25, 0.3) is 0 Å². The number of rotatable bonds is 8. The first-order valence-corrected chi connectivity index (χ1v) is 6.20. The van der Waals surface area contributed by atoms with Gasteiger partial charge in [0.2, 0.25) is 0 Å². The Kier molecular flexibility index (Phi) is 6.26. The average Bonchev–Trinajstić information content (AvgIpc) is 2.70. The number of hydrogen-bond acceptors (Lipinski definition) is 4. The van der Waals surface area contributed by atoms with E-state index in [1.807, 2.05) is 19.9 Å². The predicted octanol–water partition coefficient (Wildman–Crippen LogP) is 1.77. The van der Waals surface area contributed by atoms with Crippen LogP contribution in [0.2, 0.25) is 0 Å². The molecule has 0 spiro atoms. The molecule has 0 saturated carbocycles. The van der Waals surface area contributed by atoms with E-state index in [1.165, 1.54) is 5.56 Å². The third kappa shape index (κ3) is 4.89. The maximum Gasteiger partial charge on any atom is 0.105 e. The lowest BCUT2D eigenvalue weighted by Gasteiger charge is -2.20. The molecule has 0 amide bonds. The van der Waals surface area contributed by atoms with E-state index in [2.05, 4.69) is 11.9 Å². The van der Waals surface area contributed by atoms with E-state index < -0.39 is 0 Å². The number of aryl methyl sites for hydroxylation is 1. The van der Waals surface area contributed by atoms with Crippen LogP contribution in [0.3, 0.4) is 0 Å². The molecule has 0 aliphatic carbocycles. The molecule has 1 aromatic rings. The summed E-state index contributed by atoms with van der Waals surface area (Å²) in [4.78, 5) is 2.26. The van der Waals surface area contributed by atoms with Crippen molar-refractivity contribution in [2.24, 2.45) is 5.73 Å². The second-order valence-corrected chi connectivity index (χ2v) is 4.34. The molecule has 0 aromatic carbocycles. The maximum atomic E-state index is 5.65. The highest BCUT2D eigenvalue weighted by Crippen LogP contribution is 2.11. The summed E-state index contributed by atoms with van der Waals surface area (Å²) in [5.41, 5.74) is 6.89. The SMILES string of the molecule is CCOC(CN)CCN(C)Cc1ccoc1C. The standard InChI is InChI=1S/C13H24N2O2/c1-4-16-13(9-14)5-7-15(3)10-12-6-8-17-11(12)2/h6,8,13H,4-5,7,9-10,14H2,1-3H3. The van der Waals surface area contributed by atoms with Crippen LogP contribution >= 0.6 is 0 Å². The summed E-state index contributed by atoms with van der Waals surface area (Å²) >= 11 is 0. The first-order chi connectivity index (χ1) is 8.17. The van der Waals surface area contributed by atoms with Crippen molar-refractivity contribution >= 4 is 0 Å². The first kappa shape index (κ1) is 14.2. The van der Waals surface area contributed by atoms with Crippen molar-refractivity contribution in [2.45, 2.75) is 32.9 Å². The van der Waals surface area contributed by atoms with E-state index in [1.54, 1.807) is 6.26 Å².